The lowest BCUT2D eigenvalue weighted by atomic mass is 10.2. The molecule has 1 heterocycles. The molecule has 1 aliphatic heterocycles. The second-order valence-electron chi connectivity index (χ2n) is 6.98. The molecule has 9 heteroatoms. The smallest absolute Gasteiger partial charge is 0.267 e. The standard InChI is InChI=1S/C23H22N2O6S/c1-29-16-12-13-20(30-2)18(14-16)24-23(26)22-15-25(19-10-6-7-11-21(19)31-22)32(27,28)17-8-4-3-5-9-17/h3-14,22H,15H2,1-2H3,(H,24,26)/t22-/m0/s1. The van der Waals surface area contributed by atoms with Gasteiger partial charge in [-0.25, -0.2) is 8.42 Å². The first-order valence-corrected chi connectivity index (χ1v) is 11.2. The van der Waals surface area contributed by atoms with Crippen LogP contribution in [0, 0.1) is 0 Å². The van der Waals surface area contributed by atoms with Crippen LogP contribution in [0.4, 0.5) is 11.4 Å². The molecule has 0 unspecified atom stereocenters. The van der Waals surface area contributed by atoms with Gasteiger partial charge in [0.05, 0.1) is 37.0 Å². The largest absolute Gasteiger partial charge is 0.497 e. The van der Waals surface area contributed by atoms with Crippen LogP contribution in [-0.2, 0) is 14.8 Å². The zero-order valence-electron chi connectivity index (χ0n) is 17.5. The Morgan fingerprint density at radius 3 is 2.44 bits per heavy atom. The number of para-hydroxylation sites is 2. The number of methoxy groups -OCH3 is 2. The molecule has 32 heavy (non-hydrogen) atoms. The number of hydrogen-bond donors (Lipinski definition) is 1. The Labute approximate surface area is 186 Å². The number of carbonyl (C=O) groups excluding carboxylic acids is 1. The number of nitrogens with zero attached hydrogens (tertiary/aromatic N) is 1. The molecule has 1 amide bonds. The van der Waals surface area contributed by atoms with Gasteiger partial charge in [-0.05, 0) is 36.4 Å². The number of carbonyl (C=O) groups is 1. The van der Waals surface area contributed by atoms with Gasteiger partial charge in [0.2, 0.25) is 0 Å². The number of sulfonamides is 1. The SMILES string of the molecule is COc1ccc(OC)c(NC(=O)[C@@H]2CN(S(=O)(=O)c3ccccc3)c3ccccc3O2)c1. The maximum atomic E-state index is 13.4. The van der Waals surface area contributed by atoms with Gasteiger partial charge in [0.15, 0.2) is 6.10 Å². The van der Waals surface area contributed by atoms with Crippen molar-refractivity contribution in [3.8, 4) is 17.2 Å². The number of amides is 1. The van der Waals surface area contributed by atoms with Crippen LogP contribution >= 0.6 is 0 Å². The molecule has 166 valence electrons. The molecule has 4 rings (SSSR count). The van der Waals surface area contributed by atoms with E-state index in [2.05, 4.69) is 5.32 Å². The van der Waals surface area contributed by atoms with Crippen molar-refractivity contribution in [2.45, 2.75) is 11.0 Å². The van der Waals surface area contributed by atoms with Crippen LogP contribution in [0.3, 0.4) is 0 Å². The molecule has 0 saturated carbocycles. The molecule has 3 aromatic rings. The lowest BCUT2D eigenvalue weighted by Crippen LogP contribution is -2.48. The van der Waals surface area contributed by atoms with Crippen LogP contribution in [0.2, 0.25) is 0 Å². The van der Waals surface area contributed by atoms with Crippen molar-refractivity contribution >= 4 is 27.3 Å². The lowest BCUT2D eigenvalue weighted by molar-refractivity contribution is -0.122. The van der Waals surface area contributed by atoms with E-state index in [1.165, 1.54) is 30.7 Å². The van der Waals surface area contributed by atoms with Gasteiger partial charge < -0.3 is 19.5 Å². The van der Waals surface area contributed by atoms with Crippen LogP contribution in [0.5, 0.6) is 17.2 Å². The summed E-state index contributed by atoms with van der Waals surface area (Å²) in [5.74, 6) is 0.753. The van der Waals surface area contributed by atoms with Crippen LogP contribution in [0.15, 0.2) is 77.7 Å². The average Bonchev–Trinajstić information content (AvgIpc) is 2.83. The minimum Gasteiger partial charge on any atom is -0.497 e. The summed E-state index contributed by atoms with van der Waals surface area (Å²) >= 11 is 0. The van der Waals surface area contributed by atoms with Gasteiger partial charge in [0.1, 0.15) is 17.2 Å². The second-order valence-corrected chi connectivity index (χ2v) is 8.84. The normalized spacial score (nSPS) is 15.3. The molecule has 0 aliphatic carbocycles. The molecule has 1 N–H and O–H groups in total. The fourth-order valence-electron chi connectivity index (χ4n) is 3.41. The Bertz CT molecular complexity index is 1230. The van der Waals surface area contributed by atoms with Gasteiger partial charge >= 0.3 is 0 Å². The van der Waals surface area contributed by atoms with Crippen molar-refractivity contribution in [1.29, 1.82) is 0 Å². The number of nitrogens with one attached hydrogen (secondary N) is 1. The van der Waals surface area contributed by atoms with Crippen molar-refractivity contribution in [3.63, 3.8) is 0 Å². The summed E-state index contributed by atoms with van der Waals surface area (Å²) in [5.41, 5.74) is 0.760. The number of ether oxygens (including phenoxy) is 3. The Hall–Kier alpha value is -3.72. The molecule has 1 atom stereocenters. The van der Waals surface area contributed by atoms with Gasteiger partial charge in [-0.15, -0.1) is 0 Å². The number of hydrogen-bond acceptors (Lipinski definition) is 6. The van der Waals surface area contributed by atoms with Crippen molar-refractivity contribution < 1.29 is 27.4 Å². The Morgan fingerprint density at radius 1 is 1.00 bits per heavy atom. The molecule has 0 spiro atoms. The zero-order valence-corrected chi connectivity index (χ0v) is 18.3. The summed E-state index contributed by atoms with van der Waals surface area (Å²) in [6, 6.07) is 19.8. The average molecular weight is 455 g/mol. The van der Waals surface area contributed by atoms with Crippen molar-refractivity contribution in [2.24, 2.45) is 0 Å². The van der Waals surface area contributed by atoms with Crippen molar-refractivity contribution in [1.82, 2.24) is 0 Å². The number of rotatable bonds is 6. The number of benzene rings is 3. The molecule has 0 bridgehead atoms. The van der Waals surface area contributed by atoms with E-state index in [-0.39, 0.29) is 11.4 Å². The maximum absolute atomic E-state index is 13.4. The molecule has 0 fully saturated rings. The monoisotopic (exact) mass is 454 g/mol. The van der Waals surface area contributed by atoms with E-state index in [4.69, 9.17) is 14.2 Å². The molecule has 1 aliphatic rings. The highest BCUT2D eigenvalue weighted by atomic mass is 32.2. The van der Waals surface area contributed by atoms with Gasteiger partial charge in [-0.1, -0.05) is 30.3 Å². The zero-order chi connectivity index (χ0) is 22.7. The lowest BCUT2D eigenvalue weighted by Gasteiger charge is -2.34. The van der Waals surface area contributed by atoms with E-state index < -0.39 is 22.0 Å². The Kier molecular flexibility index (Phi) is 5.91. The minimum atomic E-state index is -3.91. The first-order valence-electron chi connectivity index (χ1n) is 9.80. The maximum Gasteiger partial charge on any atom is 0.267 e. The van der Waals surface area contributed by atoms with Gasteiger partial charge in [0, 0.05) is 6.07 Å². The van der Waals surface area contributed by atoms with Crippen molar-refractivity contribution in [3.05, 3.63) is 72.8 Å². The van der Waals surface area contributed by atoms with E-state index in [9.17, 15) is 13.2 Å². The third-order valence-corrected chi connectivity index (χ3v) is 6.82. The van der Waals surface area contributed by atoms with Gasteiger partial charge in [-0.3, -0.25) is 9.10 Å². The van der Waals surface area contributed by atoms with E-state index in [0.717, 1.165) is 0 Å². The molecule has 3 aromatic carbocycles. The minimum absolute atomic E-state index is 0.130. The quantitative estimate of drug-likeness (QED) is 0.614. The number of anilines is 2. The Balaban J connectivity index is 1.67. The van der Waals surface area contributed by atoms with Crippen LogP contribution in [0.1, 0.15) is 0 Å². The predicted octanol–water partition coefficient (Wildman–Crippen LogP) is 3.30. The predicted molar refractivity (Wildman–Crippen MR) is 120 cm³/mol. The van der Waals surface area contributed by atoms with Crippen LogP contribution in [0.25, 0.3) is 0 Å². The summed E-state index contributed by atoms with van der Waals surface area (Å²) in [6.45, 7) is -0.188. The summed E-state index contributed by atoms with van der Waals surface area (Å²) in [4.78, 5) is 13.2. The fourth-order valence-corrected chi connectivity index (χ4v) is 4.91. The number of fused-ring (bicyclic) bond motifs is 1. The molecule has 0 aromatic heterocycles. The Morgan fingerprint density at radius 2 is 1.72 bits per heavy atom. The first-order chi connectivity index (χ1) is 15.4. The highest BCUT2D eigenvalue weighted by Crippen LogP contribution is 2.37. The van der Waals surface area contributed by atoms with E-state index in [1.807, 2.05) is 0 Å². The highest BCUT2D eigenvalue weighted by molar-refractivity contribution is 7.92. The summed E-state index contributed by atoms with van der Waals surface area (Å²) in [6.07, 6.45) is -1.08. The van der Waals surface area contributed by atoms with Crippen LogP contribution < -0.4 is 23.8 Å². The fraction of sp³-hybridized carbons (Fsp3) is 0.174. The highest BCUT2D eigenvalue weighted by Gasteiger charge is 2.37. The summed E-state index contributed by atoms with van der Waals surface area (Å²) in [5, 5.41) is 2.76. The van der Waals surface area contributed by atoms with E-state index in [0.29, 0.717) is 28.6 Å². The van der Waals surface area contributed by atoms with Gasteiger partial charge in [-0.2, -0.15) is 0 Å². The third-order valence-electron chi connectivity index (χ3n) is 5.02. The molecule has 0 saturated heterocycles. The third kappa shape index (κ3) is 4.06. The topological polar surface area (TPSA) is 94.2 Å². The molecular weight excluding hydrogens is 432 g/mol. The second kappa shape index (κ2) is 8.80. The first kappa shape index (κ1) is 21.5. The molecule has 8 nitrogen and oxygen atoms in total. The van der Waals surface area contributed by atoms with E-state index in [1.54, 1.807) is 60.7 Å². The molecule has 0 radical (unpaired) electrons. The van der Waals surface area contributed by atoms with E-state index >= 15 is 0 Å². The van der Waals surface area contributed by atoms with Crippen molar-refractivity contribution in [2.75, 3.05) is 30.4 Å². The van der Waals surface area contributed by atoms with Gasteiger partial charge in [0.25, 0.3) is 15.9 Å². The van der Waals surface area contributed by atoms with Crippen LogP contribution in [-0.4, -0.2) is 41.2 Å². The summed E-state index contributed by atoms with van der Waals surface area (Å²) < 4.78 is 44.3. The molecular formula is C23H22N2O6S. The summed E-state index contributed by atoms with van der Waals surface area (Å²) in [7, 11) is -0.910.